The minimum atomic E-state index is -1.51. The van der Waals surface area contributed by atoms with E-state index in [2.05, 4.69) is 31.8 Å². The summed E-state index contributed by atoms with van der Waals surface area (Å²) in [7, 11) is 0. The predicted molar refractivity (Wildman–Crippen MR) is 135 cm³/mol. The van der Waals surface area contributed by atoms with Gasteiger partial charge in [0.25, 0.3) is 0 Å². The predicted octanol–water partition coefficient (Wildman–Crippen LogP) is 3.35. The zero-order valence-corrected chi connectivity index (χ0v) is 20.7. The van der Waals surface area contributed by atoms with Crippen molar-refractivity contribution in [1.82, 2.24) is 29.6 Å². The average Bonchev–Trinajstić information content (AvgIpc) is 3.50. The lowest BCUT2D eigenvalue weighted by molar-refractivity contribution is -0.0120. The summed E-state index contributed by atoms with van der Waals surface area (Å²) in [6.07, 6.45) is 6.23. The van der Waals surface area contributed by atoms with Gasteiger partial charge in [-0.25, -0.2) is 13.6 Å². The molecule has 11 heteroatoms. The number of alkyl halides is 1. The van der Waals surface area contributed by atoms with E-state index >= 15 is 0 Å². The van der Waals surface area contributed by atoms with Crippen LogP contribution in [-0.2, 0) is 6.54 Å². The van der Waals surface area contributed by atoms with Gasteiger partial charge in [-0.15, -0.1) is 5.10 Å². The molecule has 4 aromatic rings. The van der Waals surface area contributed by atoms with Crippen molar-refractivity contribution in [3.8, 4) is 28.7 Å². The molecular weight excluding hydrogens is 475 g/mol. The van der Waals surface area contributed by atoms with Crippen LogP contribution in [0.15, 0.2) is 42.9 Å². The Kier molecular flexibility index (Phi) is 6.62. The maximum Gasteiger partial charge on any atom is 0.148 e. The Balaban J connectivity index is 1.51. The molecule has 4 heterocycles. The summed E-state index contributed by atoms with van der Waals surface area (Å²) in [4.78, 5) is 4.66. The highest BCUT2D eigenvalue weighted by molar-refractivity contribution is 5.79. The van der Waals surface area contributed by atoms with E-state index in [1.54, 1.807) is 23.0 Å². The highest BCUT2D eigenvalue weighted by Crippen LogP contribution is 2.33. The topological polar surface area (TPSA) is 137 Å². The van der Waals surface area contributed by atoms with Crippen LogP contribution in [0.25, 0.3) is 28.2 Å². The highest BCUT2D eigenvalue weighted by Gasteiger charge is 2.28. The van der Waals surface area contributed by atoms with Gasteiger partial charge in [0.2, 0.25) is 0 Å². The summed E-state index contributed by atoms with van der Waals surface area (Å²) in [5.74, 6) is 0. The van der Waals surface area contributed by atoms with Crippen molar-refractivity contribution in [3.05, 3.63) is 48.4 Å². The number of aliphatic hydroxyl groups excluding tert-OH is 1. The van der Waals surface area contributed by atoms with E-state index in [1.165, 1.54) is 24.7 Å². The Morgan fingerprint density at radius 2 is 2.08 bits per heavy atom. The van der Waals surface area contributed by atoms with Gasteiger partial charge in [-0.3, -0.25) is 4.98 Å². The molecule has 0 spiro atoms. The van der Waals surface area contributed by atoms with Crippen LogP contribution in [0.4, 0.5) is 10.1 Å². The minimum Gasteiger partial charge on any atom is -0.393 e. The molecule has 1 saturated carbocycles. The van der Waals surface area contributed by atoms with Gasteiger partial charge in [0.05, 0.1) is 53.1 Å². The first kappa shape index (κ1) is 24.8. The second-order valence-electron chi connectivity index (χ2n) is 10.1. The minimum absolute atomic E-state index is 0.0681. The normalized spacial score (nSPS) is 19.0. The first-order valence-corrected chi connectivity index (χ1v) is 12.3. The fraction of sp³-hybridized carbons (Fsp3) is 0.423. The van der Waals surface area contributed by atoms with Crippen molar-refractivity contribution in [2.75, 3.05) is 5.32 Å². The van der Waals surface area contributed by atoms with Gasteiger partial charge in [-0.05, 0) is 63.8 Å². The van der Waals surface area contributed by atoms with Gasteiger partial charge in [0, 0.05) is 23.5 Å². The highest BCUT2D eigenvalue weighted by atomic mass is 19.1. The van der Waals surface area contributed by atoms with Crippen LogP contribution in [0.1, 0.15) is 45.1 Å². The molecule has 3 atom stereocenters. The summed E-state index contributed by atoms with van der Waals surface area (Å²) in [5, 5.41) is 45.6. The van der Waals surface area contributed by atoms with Gasteiger partial charge in [-0.2, -0.15) is 10.4 Å². The third kappa shape index (κ3) is 5.30. The average molecular weight is 505 g/mol. The Labute approximate surface area is 213 Å². The monoisotopic (exact) mass is 504 g/mol. The number of rotatable bonds is 7. The molecule has 0 amide bonds. The Morgan fingerprint density at radius 1 is 1.24 bits per heavy atom. The largest absolute Gasteiger partial charge is 0.393 e. The van der Waals surface area contributed by atoms with E-state index < -0.39 is 11.8 Å². The van der Waals surface area contributed by atoms with Crippen LogP contribution >= 0.6 is 0 Å². The number of fused-ring (bicyclic) bond motifs is 1. The number of nitrogens with zero attached hydrogens (tertiary/aromatic N) is 7. The van der Waals surface area contributed by atoms with Crippen LogP contribution in [0.3, 0.4) is 0 Å². The molecule has 0 saturated heterocycles. The fourth-order valence-corrected chi connectivity index (χ4v) is 4.59. The van der Waals surface area contributed by atoms with Crippen molar-refractivity contribution < 1.29 is 14.6 Å². The number of aliphatic hydroxyl groups is 2. The van der Waals surface area contributed by atoms with Crippen molar-refractivity contribution in [2.24, 2.45) is 0 Å². The van der Waals surface area contributed by atoms with Gasteiger partial charge in [0.15, 0.2) is 0 Å². The molecule has 1 fully saturated rings. The molecule has 10 nitrogen and oxygen atoms in total. The lowest BCUT2D eigenvalue weighted by Gasteiger charge is -2.28. The van der Waals surface area contributed by atoms with E-state index in [0.717, 1.165) is 36.2 Å². The number of aromatic nitrogens is 6. The zero-order chi connectivity index (χ0) is 26.2. The van der Waals surface area contributed by atoms with Gasteiger partial charge in [0.1, 0.15) is 17.9 Å². The summed E-state index contributed by atoms with van der Waals surface area (Å²) in [6, 6.07) is 9.61. The van der Waals surface area contributed by atoms with Crippen molar-refractivity contribution in [3.63, 3.8) is 0 Å². The van der Waals surface area contributed by atoms with Gasteiger partial charge >= 0.3 is 0 Å². The number of nitrogens with one attached hydrogen (secondary N) is 1. The third-order valence-corrected chi connectivity index (χ3v) is 6.73. The van der Waals surface area contributed by atoms with Gasteiger partial charge in [-0.1, -0.05) is 5.21 Å². The fourth-order valence-electron chi connectivity index (χ4n) is 4.59. The van der Waals surface area contributed by atoms with Crippen LogP contribution in [0, 0.1) is 11.3 Å². The molecule has 0 aromatic carbocycles. The Hall–Kier alpha value is -3.88. The van der Waals surface area contributed by atoms with Gasteiger partial charge < -0.3 is 15.5 Å². The molecule has 0 bridgehead atoms. The van der Waals surface area contributed by atoms with Crippen molar-refractivity contribution in [1.29, 1.82) is 5.26 Å². The molecule has 4 aromatic heterocycles. The molecule has 0 radical (unpaired) electrons. The number of nitriles is 1. The molecule has 1 aliphatic rings. The number of halogens is 1. The smallest absolute Gasteiger partial charge is 0.148 e. The van der Waals surface area contributed by atoms with Crippen LogP contribution in [0.5, 0.6) is 0 Å². The molecule has 0 unspecified atom stereocenters. The maximum atomic E-state index is 14.4. The lowest BCUT2D eigenvalue weighted by atomic mass is 9.92. The molecular formula is C26H29FN8O2. The van der Waals surface area contributed by atoms with Crippen LogP contribution in [-0.4, -0.2) is 63.7 Å². The van der Waals surface area contributed by atoms with Crippen LogP contribution < -0.4 is 5.32 Å². The Bertz CT molecular complexity index is 1450. The summed E-state index contributed by atoms with van der Waals surface area (Å²) in [5.41, 5.74) is 3.14. The molecule has 3 N–H and O–H groups in total. The number of hydrogen-bond acceptors (Lipinski definition) is 8. The molecule has 37 heavy (non-hydrogen) atoms. The molecule has 192 valence electrons. The Morgan fingerprint density at radius 3 is 2.84 bits per heavy atom. The van der Waals surface area contributed by atoms with Crippen molar-refractivity contribution in [2.45, 2.75) is 70.0 Å². The van der Waals surface area contributed by atoms with Crippen molar-refractivity contribution >= 4 is 11.2 Å². The quantitative estimate of drug-likeness (QED) is 0.348. The number of hydrogen-bond donors (Lipinski definition) is 3. The second-order valence-corrected chi connectivity index (χ2v) is 10.1. The first-order valence-electron chi connectivity index (χ1n) is 12.3. The van der Waals surface area contributed by atoms with E-state index in [4.69, 9.17) is 0 Å². The third-order valence-electron chi connectivity index (χ3n) is 6.73. The van der Waals surface area contributed by atoms with E-state index in [9.17, 15) is 19.9 Å². The first-order chi connectivity index (χ1) is 17.7. The zero-order valence-electron chi connectivity index (χ0n) is 20.7. The number of pyridine rings is 1. The summed E-state index contributed by atoms with van der Waals surface area (Å²) in [6.45, 7) is 2.70. The van der Waals surface area contributed by atoms with E-state index in [-0.39, 0.29) is 18.7 Å². The van der Waals surface area contributed by atoms with Crippen LogP contribution in [0.2, 0.25) is 0 Å². The van der Waals surface area contributed by atoms with E-state index in [0.29, 0.717) is 28.9 Å². The molecule has 1 aliphatic carbocycles. The lowest BCUT2D eigenvalue weighted by Crippen LogP contribution is -2.35. The standard InChI is InChI=1S/C26H29FN8O2/c1-26(2,37)25(27)15-34-14-23(32-33-34)20-13-29-22(10-21(20)31-17-4-3-5-19(36)9-17)24-7-6-18-8-16(11-28)12-30-35(18)24/h6-8,10,12-14,17,19,25,36-37H,3-5,9,15H2,1-2H3,(H,29,31)/t17-,19+,25+/m0/s1. The molecule has 5 rings (SSSR count). The second kappa shape index (κ2) is 9.88. The number of anilines is 1. The summed E-state index contributed by atoms with van der Waals surface area (Å²) < 4.78 is 17.5. The summed E-state index contributed by atoms with van der Waals surface area (Å²) >= 11 is 0. The maximum absolute atomic E-state index is 14.4. The van der Waals surface area contributed by atoms with E-state index in [1.807, 2.05) is 18.2 Å². The molecule has 0 aliphatic heterocycles. The SMILES string of the molecule is CC(C)(O)[C@H](F)Cn1cc(-c2cnc(-c3ccc4cc(C#N)cnn34)cc2N[C@H]2CCC[C@@H](O)C2)nn1.